The summed E-state index contributed by atoms with van der Waals surface area (Å²) in [5.41, 5.74) is 5.37. The molecule has 1 atom stereocenters. The Labute approximate surface area is 102 Å². The minimum Gasteiger partial charge on any atom is -0.464 e. The van der Waals surface area contributed by atoms with E-state index in [4.69, 9.17) is 10.5 Å². The minimum atomic E-state index is -0.651. The molecule has 2 rings (SSSR count). The fourth-order valence-electron chi connectivity index (χ4n) is 1.64. The zero-order chi connectivity index (χ0) is 13.3. The molecular weight excluding hydrogens is 238 g/mol. The lowest BCUT2D eigenvalue weighted by atomic mass is 10.3. The van der Waals surface area contributed by atoms with Crippen molar-refractivity contribution in [1.29, 1.82) is 0 Å². The standard InChI is InChI=1S/C10H13N5O3/c1-3-18-9(17)5(2)15-4-12-7-6(15)8(16)14-10(11)13-7/h4-5H,3H2,1-2H3,(H3,11,13,14,16). The van der Waals surface area contributed by atoms with Crippen LogP contribution >= 0.6 is 0 Å². The molecular formula is C10H13N5O3. The number of esters is 1. The average Bonchev–Trinajstić information content (AvgIpc) is 2.72. The molecule has 18 heavy (non-hydrogen) atoms. The molecule has 0 spiro atoms. The summed E-state index contributed by atoms with van der Waals surface area (Å²) in [6.07, 6.45) is 1.37. The quantitative estimate of drug-likeness (QED) is 0.731. The normalized spacial score (nSPS) is 12.6. The molecule has 0 saturated carbocycles. The van der Waals surface area contributed by atoms with Crippen molar-refractivity contribution in [1.82, 2.24) is 19.5 Å². The van der Waals surface area contributed by atoms with Gasteiger partial charge < -0.3 is 15.0 Å². The van der Waals surface area contributed by atoms with Crippen molar-refractivity contribution < 1.29 is 9.53 Å². The Balaban J connectivity index is 2.53. The summed E-state index contributed by atoms with van der Waals surface area (Å²) in [5.74, 6) is -0.449. The molecule has 0 fully saturated rings. The predicted molar refractivity (Wildman–Crippen MR) is 63.9 cm³/mol. The largest absolute Gasteiger partial charge is 0.464 e. The average molecular weight is 251 g/mol. The van der Waals surface area contributed by atoms with Gasteiger partial charge in [0.15, 0.2) is 11.2 Å². The molecule has 0 aromatic carbocycles. The van der Waals surface area contributed by atoms with Gasteiger partial charge in [0.2, 0.25) is 5.95 Å². The van der Waals surface area contributed by atoms with Gasteiger partial charge in [-0.15, -0.1) is 0 Å². The summed E-state index contributed by atoms with van der Waals surface area (Å²) in [5, 5.41) is 0. The van der Waals surface area contributed by atoms with Crippen LogP contribution in [0.4, 0.5) is 5.95 Å². The van der Waals surface area contributed by atoms with E-state index in [0.717, 1.165) is 0 Å². The van der Waals surface area contributed by atoms with Gasteiger partial charge in [0.1, 0.15) is 6.04 Å². The second-order valence-electron chi connectivity index (χ2n) is 3.70. The lowest BCUT2D eigenvalue weighted by Crippen LogP contribution is -2.22. The van der Waals surface area contributed by atoms with Crippen molar-refractivity contribution in [3.05, 3.63) is 16.7 Å². The first kappa shape index (κ1) is 12.1. The number of hydrogen-bond acceptors (Lipinski definition) is 6. The van der Waals surface area contributed by atoms with Crippen LogP contribution in [0.25, 0.3) is 11.2 Å². The molecule has 2 heterocycles. The maximum atomic E-state index is 11.8. The SMILES string of the molecule is CCOC(=O)C(C)n1cnc2nc(N)[nH]c(=O)c21. The van der Waals surface area contributed by atoms with Crippen molar-refractivity contribution in [2.75, 3.05) is 12.3 Å². The lowest BCUT2D eigenvalue weighted by Gasteiger charge is -2.12. The zero-order valence-electron chi connectivity index (χ0n) is 10.0. The highest BCUT2D eigenvalue weighted by molar-refractivity contribution is 5.78. The number of fused-ring (bicyclic) bond motifs is 1. The van der Waals surface area contributed by atoms with Gasteiger partial charge in [0.25, 0.3) is 5.56 Å². The summed E-state index contributed by atoms with van der Waals surface area (Å²) in [6, 6.07) is -0.651. The van der Waals surface area contributed by atoms with Crippen LogP contribution in [-0.2, 0) is 9.53 Å². The number of ether oxygens (including phenoxy) is 1. The van der Waals surface area contributed by atoms with E-state index in [2.05, 4.69) is 15.0 Å². The number of hydrogen-bond donors (Lipinski definition) is 2. The van der Waals surface area contributed by atoms with Crippen LogP contribution in [0.2, 0.25) is 0 Å². The van der Waals surface area contributed by atoms with Gasteiger partial charge in [-0.1, -0.05) is 0 Å². The molecule has 0 aliphatic heterocycles. The summed E-state index contributed by atoms with van der Waals surface area (Å²) >= 11 is 0. The van der Waals surface area contributed by atoms with Crippen molar-refractivity contribution in [2.45, 2.75) is 19.9 Å². The summed E-state index contributed by atoms with van der Waals surface area (Å²) in [6.45, 7) is 3.61. The van der Waals surface area contributed by atoms with Crippen molar-refractivity contribution in [3.8, 4) is 0 Å². The van der Waals surface area contributed by atoms with Crippen LogP contribution in [-0.4, -0.2) is 32.1 Å². The number of nitrogen functional groups attached to an aromatic ring is 1. The maximum Gasteiger partial charge on any atom is 0.328 e. The molecule has 2 aromatic rings. The number of nitrogens with zero attached hydrogens (tertiary/aromatic N) is 3. The van der Waals surface area contributed by atoms with Gasteiger partial charge in [0.05, 0.1) is 12.9 Å². The Morgan fingerprint density at radius 2 is 2.39 bits per heavy atom. The van der Waals surface area contributed by atoms with Gasteiger partial charge in [0, 0.05) is 0 Å². The highest BCUT2D eigenvalue weighted by atomic mass is 16.5. The molecule has 0 radical (unpaired) electrons. The second-order valence-corrected chi connectivity index (χ2v) is 3.70. The molecule has 0 aliphatic carbocycles. The fraction of sp³-hybridized carbons (Fsp3) is 0.400. The topological polar surface area (TPSA) is 116 Å². The number of rotatable bonds is 3. The number of nitrogens with two attached hydrogens (primary N) is 1. The van der Waals surface area contributed by atoms with E-state index in [1.807, 2.05) is 0 Å². The summed E-state index contributed by atoms with van der Waals surface area (Å²) in [7, 11) is 0. The van der Waals surface area contributed by atoms with E-state index in [0.29, 0.717) is 0 Å². The molecule has 3 N–H and O–H groups in total. The molecule has 0 amide bonds. The van der Waals surface area contributed by atoms with Crippen molar-refractivity contribution in [3.63, 3.8) is 0 Å². The van der Waals surface area contributed by atoms with E-state index >= 15 is 0 Å². The van der Waals surface area contributed by atoms with E-state index in [1.165, 1.54) is 10.9 Å². The Kier molecular flexibility index (Phi) is 3.00. The number of carbonyl (C=O) groups excluding carboxylic acids is 1. The molecule has 96 valence electrons. The summed E-state index contributed by atoms with van der Waals surface area (Å²) in [4.78, 5) is 33.6. The second kappa shape index (κ2) is 4.47. The zero-order valence-corrected chi connectivity index (χ0v) is 10.0. The third kappa shape index (κ3) is 1.92. The predicted octanol–water partition coefficient (Wildman–Crippen LogP) is -0.174. The number of imidazole rings is 1. The van der Waals surface area contributed by atoms with Crippen molar-refractivity contribution >= 4 is 23.1 Å². The third-order valence-corrected chi connectivity index (χ3v) is 2.50. The van der Waals surface area contributed by atoms with Gasteiger partial charge >= 0.3 is 5.97 Å². The van der Waals surface area contributed by atoms with Crippen LogP contribution in [0, 0.1) is 0 Å². The smallest absolute Gasteiger partial charge is 0.328 e. The molecule has 0 bridgehead atoms. The Hall–Kier alpha value is -2.38. The third-order valence-electron chi connectivity index (χ3n) is 2.50. The Morgan fingerprint density at radius 3 is 3.06 bits per heavy atom. The highest BCUT2D eigenvalue weighted by Gasteiger charge is 2.20. The lowest BCUT2D eigenvalue weighted by molar-refractivity contribution is -0.146. The van der Waals surface area contributed by atoms with Gasteiger partial charge in [-0.2, -0.15) is 4.98 Å². The van der Waals surface area contributed by atoms with E-state index in [9.17, 15) is 9.59 Å². The first-order chi connectivity index (χ1) is 8.54. The van der Waals surface area contributed by atoms with Crippen LogP contribution in [0.1, 0.15) is 19.9 Å². The number of aromatic amines is 1. The number of H-pyrrole nitrogens is 1. The van der Waals surface area contributed by atoms with E-state index in [1.54, 1.807) is 13.8 Å². The molecule has 2 aromatic heterocycles. The van der Waals surface area contributed by atoms with Gasteiger partial charge in [-0.3, -0.25) is 9.78 Å². The Morgan fingerprint density at radius 1 is 1.67 bits per heavy atom. The van der Waals surface area contributed by atoms with Crippen LogP contribution in [0.15, 0.2) is 11.1 Å². The fourth-order valence-corrected chi connectivity index (χ4v) is 1.64. The minimum absolute atomic E-state index is 0.0125. The maximum absolute atomic E-state index is 11.8. The monoisotopic (exact) mass is 251 g/mol. The van der Waals surface area contributed by atoms with Crippen LogP contribution < -0.4 is 11.3 Å². The number of anilines is 1. The number of aromatic nitrogens is 4. The van der Waals surface area contributed by atoms with E-state index in [-0.39, 0.29) is 23.7 Å². The van der Waals surface area contributed by atoms with Crippen LogP contribution in [0.3, 0.4) is 0 Å². The summed E-state index contributed by atoms with van der Waals surface area (Å²) < 4.78 is 6.31. The van der Waals surface area contributed by atoms with E-state index < -0.39 is 17.6 Å². The highest BCUT2D eigenvalue weighted by Crippen LogP contribution is 2.14. The van der Waals surface area contributed by atoms with Gasteiger partial charge in [-0.05, 0) is 13.8 Å². The van der Waals surface area contributed by atoms with Gasteiger partial charge in [-0.25, -0.2) is 9.78 Å². The molecule has 0 saturated heterocycles. The Bertz CT molecular complexity index is 644. The van der Waals surface area contributed by atoms with Crippen molar-refractivity contribution in [2.24, 2.45) is 0 Å². The molecule has 1 unspecified atom stereocenters. The number of carbonyl (C=O) groups is 1. The number of nitrogens with one attached hydrogen (secondary N) is 1. The molecule has 8 heteroatoms. The first-order valence-electron chi connectivity index (χ1n) is 5.43. The first-order valence-corrected chi connectivity index (χ1v) is 5.43. The molecule has 0 aliphatic rings. The van der Waals surface area contributed by atoms with Crippen LogP contribution in [0.5, 0.6) is 0 Å². The molecule has 8 nitrogen and oxygen atoms in total.